The van der Waals surface area contributed by atoms with Gasteiger partial charge in [0, 0.05) is 43.8 Å². The molecule has 5 nitrogen and oxygen atoms in total. The first-order valence-electron chi connectivity index (χ1n) is 16.6. The van der Waals surface area contributed by atoms with E-state index in [0.29, 0.717) is 5.57 Å². The molecule has 2 heterocycles. The van der Waals surface area contributed by atoms with Gasteiger partial charge in [-0.25, -0.2) is 0 Å². The SMILES string of the molecule is CCCCOc1ccc(-c2cc(C)c(/C(C#N)=C/c3cc4sc(/N=N/c5ccc(N(CC)CC)c6ccccc56)cc4s3)c(C)c2)cc1. The topological polar surface area (TPSA) is 61.0 Å². The van der Waals surface area contributed by atoms with Gasteiger partial charge in [-0.05, 0) is 104 Å². The molecular formula is C41H40N4OS2. The van der Waals surface area contributed by atoms with Crippen molar-refractivity contribution in [3.8, 4) is 22.9 Å². The van der Waals surface area contributed by atoms with Crippen molar-refractivity contribution in [1.82, 2.24) is 0 Å². The first kappa shape index (κ1) is 33.1. The molecule has 4 aromatic carbocycles. The average molecular weight is 669 g/mol. The monoisotopic (exact) mass is 668 g/mol. The second kappa shape index (κ2) is 15.0. The summed E-state index contributed by atoms with van der Waals surface area (Å²) >= 11 is 3.30. The first-order valence-corrected chi connectivity index (χ1v) is 18.2. The lowest BCUT2D eigenvalue weighted by Gasteiger charge is -2.23. The number of thiophene rings is 2. The van der Waals surface area contributed by atoms with Crippen LogP contribution in [0.15, 0.2) is 95.2 Å². The van der Waals surface area contributed by atoms with Crippen molar-refractivity contribution in [2.24, 2.45) is 10.2 Å². The maximum Gasteiger partial charge on any atom is 0.140 e. The van der Waals surface area contributed by atoms with Crippen LogP contribution in [0.4, 0.5) is 16.4 Å². The first-order chi connectivity index (χ1) is 23.4. The van der Waals surface area contributed by atoms with Crippen molar-refractivity contribution in [1.29, 1.82) is 5.26 Å². The van der Waals surface area contributed by atoms with Crippen LogP contribution in [0.1, 0.15) is 55.2 Å². The number of benzene rings is 4. The molecule has 0 N–H and O–H groups in total. The Morgan fingerprint density at radius 3 is 2.19 bits per heavy atom. The minimum atomic E-state index is 0.671. The predicted octanol–water partition coefficient (Wildman–Crippen LogP) is 12.9. The maximum absolute atomic E-state index is 10.2. The highest BCUT2D eigenvalue weighted by Gasteiger charge is 2.14. The van der Waals surface area contributed by atoms with Crippen LogP contribution in [-0.4, -0.2) is 19.7 Å². The lowest BCUT2D eigenvalue weighted by atomic mass is 9.91. The van der Waals surface area contributed by atoms with Gasteiger partial charge < -0.3 is 9.64 Å². The summed E-state index contributed by atoms with van der Waals surface area (Å²) in [6.45, 7) is 13.4. The zero-order valence-electron chi connectivity index (χ0n) is 28.2. The number of azo groups is 1. The summed E-state index contributed by atoms with van der Waals surface area (Å²) in [7, 11) is 0. The largest absolute Gasteiger partial charge is 0.494 e. The van der Waals surface area contributed by atoms with Crippen LogP contribution in [0, 0.1) is 25.2 Å². The van der Waals surface area contributed by atoms with E-state index in [9.17, 15) is 5.26 Å². The summed E-state index contributed by atoms with van der Waals surface area (Å²) < 4.78 is 8.12. The van der Waals surface area contributed by atoms with E-state index in [-0.39, 0.29) is 0 Å². The fourth-order valence-electron chi connectivity index (χ4n) is 6.20. The summed E-state index contributed by atoms with van der Waals surface area (Å²) in [5.74, 6) is 0.896. The number of nitriles is 1. The Hall–Kier alpha value is -4.77. The Labute approximate surface area is 291 Å². The molecule has 0 fully saturated rings. The maximum atomic E-state index is 10.2. The zero-order valence-corrected chi connectivity index (χ0v) is 29.8. The van der Waals surface area contributed by atoms with Crippen molar-refractivity contribution >= 4 is 70.9 Å². The zero-order chi connectivity index (χ0) is 33.6. The summed E-state index contributed by atoms with van der Waals surface area (Å²) in [4.78, 5) is 3.42. The van der Waals surface area contributed by atoms with Crippen LogP contribution >= 0.6 is 22.7 Å². The van der Waals surface area contributed by atoms with E-state index in [4.69, 9.17) is 4.74 Å². The Morgan fingerprint density at radius 1 is 0.812 bits per heavy atom. The van der Waals surface area contributed by atoms with Crippen LogP contribution in [0.2, 0.25) is 0 Å². The van der Waals surface area contributed by atoms with Crippen molar-refractivity contribution in [2.45, 2.75) is 47.5 Å². The summed E-state index contributed by atoms with van der Waals surface area (Å²) in [6, 6.07) is 32.0. The molecule has 0 spiro atoms. The summed E-state index contributed by atoms with van der Waals surface area (Å²) in [5.41, 5.74) is 8.19. The highest BCUT2D eigenvalue weighted by atomic mass is 32.1. The van der Waals surface area contributed by atoms with E-state index in [1.807, 2.05) is 18.2 Å². The molecule has 2 aromatic heterocycles. The molecule has 7 heteroatoms. The number of aryl methyl sites for hydroxylation is 2. The number of nitrogens with zero attached hydrogens (tertiary/aromatic N) is 4. The fraction of sp³-hybridized carbons (Fsp3) is 0.244. The average Bonchev–Trinajstić information content (AvgIpc) is 3.66. The molecule has 6 aromatic rings. The molecule has 0 radical (unpaired) electrons. The molecule has 0 amide bonds. The second-order valence-corrected chi connectivity index (χ2v) is 14.0. The van der Waals surface area contributed by atoms with Crippen LogP contribution < -0.4 is 9.64 Å². The third kappa shape index (κ3) is 7.06. The van der Waals surface area contributed by atoms with Gasteiger partial charge in [-0.3, -0.25) is 0 Å². The number of anilines is 1. The van der Waals surface area contributed by atoms with Crippen LogP contribution in [0.3, 0.4) is 0 Å². The molecule has 6 rings (SSSR count). The Bertz CT molecular complexity index is 2110. The number of rotatable bonds is 12. The molecule has 242 valence electrons. The molecule has 0 unspecified atom stereocenters. The molecule has 0 aliphatic heterocycles. The number of allylic oxidation sites excluding steroid dienone is 1. The molecule has 0 aliphatic rings. The van der Waals surface area contributed by atoms with Crippen molar-refractivity contribution < 1.29 is 4.74 Å². The Kier molecular flexibility index (Phi) is 10.3. The van der Waals surface area contributed by atoms with E-state index >= 15 is 0 Å². The molecule has 0 aliphatic carbocycles. The predicted molar refractivity (Wildman–Crippen MR) is 207 cm³/mol. The third-order valence-electron chi connectivity index (χ3n) is 8.61. The van der Waals surface area contributed by atoms with Crippen LogP contribution in [0.5, 0.6) is 5.75 Å². The van der Waals surface area contributed by atoms with Gasteiger partial charge >= 0.3 is 0 Å². The van der Waals surface area contributed by atoms with Gasteiger partial charge in [0.1, 0.15) is 10.8 Å². The van der Waals surface area contributed by atoms with E-state index < -0.39 is 0 Å². The Morgan fingerprint density at radius 2 is 1.52 bits per heavy atom. The van der Waals surface area contributed by atoms with Crippen molar-refractivity contribution in [2.75, 3.05) is 24.6 Å². The number of ether oxygens (including phenoxy) is 1. The van der Waals surface area contributed by atoms with Gasteiger partial charge in [-0.1, -0.05) is 61.9 Å². The normalized spacial score (nSPS) is 11.9. The number of unbranched alkanes of at least 4 members (excludes halogenated alkanes) is 1. The van der Waals surface area contributed by atoms with Crippen molar-refractivity contribution in [3.63, 3.8) is 0 Å². The number of hydrogen-bond donors (Lipinski definition) is 0. The van der Waals surface area contributed by atoms with Gasteiger partial charge in [0.15, 0.2) is 0 Å². The van der Waals surface area contributed by atoms with E-state index in [2.05, 4.69) is 129 Å². The smallest absolute Gasteiger partial charge is 0.140 e. The summed E-state index contributed by atoms with van der Waals surface area (Å²) in [6.07, 6.45) is 4.18. The lowest BCUT2D eigenvalue weighted by molar-refractivity contribution is 0.309. The van der Waals surface area contributed by atoms with Gasteiger partial charge in [-0.15, -0.1) is 32.9 Å². The highest BCUT2D eigenvalue weighted by molar-refractivity contribution is 7.30. The van der Waals surface area contributed by atoms with Gasteiger partial charge in [0.05, 0.1) is 23.9 Å². The van der Waals surface area contributed by atoms with Gasteiger partial charge in [0.2, 0.25) is 0 Å². The summed E-state index contributed by atoms with van der Waals surface area (Å²) in [5, 5.41) is 22.7. The van der Waals surface area contributed by atoms with Crippen LogP contribution in [-0.2, 0) is 0 Å². The van der Waals surface area contributed by atoms with E-state index in [0.717, 1.165) is 96.5 Å². The minimum absolute atomic E-state index is 0.671. The molecule has 0 saturated heterocycles. The second-order valence-electron chi connectivity index (χ2n) is 11.9. The number of fused-ring (bicyclic) bond motifs is 2. The molecule has 0 bridgehead atoms. The molecule has 0 atom stereocenters. The third-order valence-corrected chi connectivity index (χ3v) is 10.7. The van der Waals surface area contributed by atoms with Gasteiger partial charge in [0.25, 0.3) is 0 Å². The highest BCUT2D eigenvalue weighted by Crippen LogP contribution is 2.41. The Balaban J connectivity index is 1.22. The lowest BCUT2D eigenvalue weighted by Crippen LogP contribution is -2.21. The standard InChI is InChI=1S/C41H40N4OS2/c1-6-9-20-46-32-16-14-29(15-17-32)30-21-27(4)41(28(5)22-30)31(26-42)23-33-24-38-39(47-33)25-40(48-38)44-43-36-18-19-37(45(7-2)8-3)35-13-11-10-12-34(35)36/h10-19,21-25H,6-9,20H2,1-5H3/b31-23+,44-43+. The van der Waals surface area contributed by atoms with Crippen LogP contribution in [0.25, 0.3) is 42.9 Å². The number of hydrogen-bond acceptors (Lipinski definition) is 7. The molecule has 0 saturated carbocycles. The molecular weight excluding hydrogens is 629 g/mol. The fourth-order valence-corrected chi connectivity index (χ4v) is 8.36. The van der Waals surface area contributed by atoms with Crippen molar-refractivity contribution in [3.05, 3.63) is 106 Å². The van der Waals surface area contributed by atoms with Gasteiger partial charge in [-0.2, -0.15) is 5.26 Å². The quantitative estimate of drug-likeness (QED) is 0.0740. The van der Waals surface area contributed by atoms with E-state index in [1.165, 1.54) is 11.1 Å². The van der Waals surface area contributed by atoms with E-state index in [1.54, 1.807) is 22.7 Å². The minimum Gasteiger partial charge on any atom is -0.494 e. The molecule has 48 heavy (non-hydrogen) atoms.